The molecule has 2 heteroatoms. The molecular weight excluding hydrogens is 146 g/mol. The maximum atomic E-state index is 11.0. The second kappa shape index (κ2) is 7.00. The molecule has 0 aliphatic carbocycles. The van der Waals surface area contributed by atoms with Crippen LogP contribution in [0.25, 0.3) is 0 Å². The van der Waals surface area contributed by atoms with Crippen LogP contribution in [-0.2, 0) is 10.8 Å². The highest BCUT2D eigenvalue weighted by Gasteiger charge is 1.94. The summed E-state index contributed by atoms with van der Waals surface area (Å²) in [6.45, 7) is 5.69. The van der Waals surface area contributed by atoms with Crippen molar-refractivity contribution < 1.29 is 4.21 Å². The third-order valence-corrected chi connectivity index (χ3v) is 2.63. The van der Waals surface area contributed by atoms with Gasteiger partial charge < -0.3 is 0 Å². The first-order valence-electron chi connectivity index (χ1n) is 3.77. The van der Waals surface area contributed by atoms with Gasteiger partial charge in [0.25, 0.3) is 0 Å². The molecule has 10 heavy (non-hydrogen) atoms. The Morgan fingerprint density at radius 2 is 2.40 bits per heavy atom. The number of unbranched alkanes of at least 4 members (excludes halogenated alkanes) is 2. The van der Waals surface area contributed by atoms with E-state index in [0.29, 0.717) is 5.75 Å². The standard InChI is InChI=1S/C8H16OS/c1-3-5-6-8-10(9)7-4-2/h4H,2-3,5-8H2,1H3/i8+2. The third-order valence-electron chi connectivity index (χ3n) is 1.28. The van der Waals surface area contributed by atoms with Gasteiger partial charge in [-0.15, -0.1) is 6.58 Å². The molecule has 0 rings (SSSR count). The van der Waals surface area contributed by atoms with Gasteiger partial charge in [0.2, 0.25) is 0 Å². The lowest BCUT2D eigenvalue weighted by atomic mass is 10.3. The first kappa shape index (κ1) is 9.89. The number of rotatable bonds is 6. The molecule has 0 radical (unpaired) electrons. The van der Waals surface area contributed by atoms with E-state index >= 15 is 0 Å². The van der Waals surface area contributed by atoms with Crippen molar-refractivity contribution in [1.29, 1.82) is 0 Å². The monoisotopic (exact) mass is 162 g/mol. The fourth-order valence-corrected chi connectivity index (χ4v) is 1.68. The SMILES string of the molecule is C=CCS(=O)[14CH2]CCCC. The zero-order valence-corrected chi connectivity index (χ0v) is 7.45. The second-order valence-corrected chi connectivity index (χ2v) is 3.93. The smallest absolute Gasteiger partial charge is 0.0412 e. The molecule has 0 N–H and O–H groups in total. The Kier molecular flexibility index (Phi) is 6.93. The van der Waals surface area contributed by atoms with E-state index < -0.39 is 10.8 Å². The summed E-state index contributed by atoms with van der Waals surface area (Å²) in [5.41, 5.74) is 0. The summed E-state index contributed by atoms with van der Waals surface area (Å²) in [6.07, 6.45) is 5.22. The molecule has 0 aromatic rings. The molecule has 0 aromatic carbocycles. The second-order valence-electron chi connectivity index (χ2n) is 2.31. The summed E-state index contributed by atoms with van der Waals surface area (Å²) >= 11 is 0. The summed E-state index contributed by atoms with van der Waals surface area (Å²) in [7, 11) is -0.640. The molecule has 0 saturated carbocycles. The van der Waals surface area contributed by atoms with Crippen LogP contribution >= 0.6 is 0 Å². The van der Waals surface area contributed by atoms with Gasteiger partial charge in [0.15, 0.2) is 0 Å². The Balaban J connectivity index is 3.13. The molecule has 0 aliphatic heterocycles. The Labute approximate surface area is 66.0 Å². The van der Waals surface area contributed by atoms with Gasteiger partial charge >= 0.3 is 0 Å². The van der Waals surface area contributed by atoms with E-state index in [9.17, 15) is 4.21 Å². The highest BCUT2D eigenvalue weighted by molar-refractivity contribution is 7.85. The molecule has 0 aliphatic rings. The van der Waals surface area contributed by atoms with Gasteiger partial charge in [0.05, 0.1) is 0 Å². The van der Waals surface area contributed by atoms with Crippen LogP contribution in [0.1, 0.15) is 26.2 Å². The maximum absolute atomic E-state index is 11.0. The van der Waals surface area contributed by atoms with Crippen molar-refractivity contribution in [1.82, 2.24) is 0 Å². The first-order valence-corrected chi connectivity index (χ1v) is 5.26. The highest BCUT2D eigenvalue weighted by atomic mass is 32.2. The van der Waals surface area contributed by atoms with Crippen molar-refractivity contribution in [3.8, 4) is 0 Å². The van der Waals surface area contributed by atoms with E-state index in [1.165, 1.54) is 12.8 Å². The summed E-state index contributed by atoms with van der Waals surface area (Å²) in [5.74, 6) is 1.50. The van der Waals surface area contributed by atoms with Gasteiger partial charge in [-0.1, -0.05) is 25.8 Å². The molecule has 1 unspecified atom stereocenters. The minimum absolute atomic E-state index is 0.640. The zero-order chi connectivity index (χ0) is 7.82. The molecule has 0 bridgehead atoms. The van der Waals surface area contributed by atoms with Crippen LogP contribution in [0, 0.1) is 0 Å². The van der Waals surface area contributed by atoms with Gasteiger partial charge in [0.1, 0.15) is 0 Å². The molecular formula is C8H16OS. The lowest BCUT2D eigenvalue weighted by Crippen LogP contribution is -1.99. The summed E-state index contributed by atoms with van der Waals surface area (Å²) in [6, 6.07) is 0. The van der Waals surface area contributed by atoms with Crippen molar-refractivity contribution in [2.45, 2.75) is 26.2 Å². The largest absolute Gasteiger partial charge is 0.259 e. The Morgan fingerprint density at radius 1 is 1.70 bits per heavy atom. The molecule has 0 spiro atoms. The fourth-order valence-electron chi connectivity index (χ4n) is 0.728. The summed E-state index contributed by atoms with van der Waals surface area (Å²) in [4.78, 5) is 0. The molecule has 1 atom stereocenters. The quantitative estimate of drug-likeness (QED) is 0.432. The van der Waals surface area contributed by atoms with Gasteiger partial charge in [-0.25, -0.2) is 0 Å². The van der Waals surface area contributed by atoms with Crippen LogP contribution in [0.2, 0.25) is 0 Å². The summed E-state index contributed by atoms with van der Waals surface area (Å²) in [5, 5.41) is 0. The number of hydrogen-bond donors (Lipinski definition) is 0. The van der Waals surface area contributed by atoms with Gasteiger partial charge in [-0.05, 0) is 6.42 Å². The minimum atomic E-state index is -0.640. The average molecular weight is 162 g/mol. The molecule has 0 heterocycles. The summed E-state index contributed by atoms with van der Waals surface area (Å²) < 4.78 is 11.0. The van der Waals surface area contributed by atoms with Crippen LogP contribution in [-0.4, -0.2) is 15.7 Å². The van der Waals surface area contributed by atoms with Gasteiger partial charge in [-0.2, -0.15) is 0 Å². The Bertz CT molecular complexity index is 110. The van der Waals surface area contributed by atoms with Crippen molar-refractivity contribution in [2.75, 3.05) is 11.5 Å². The van der Waals surface area contributed by atoms with Gasteiger partial charge in [-0.3, -0.25) is 4.21 Å². The molecule has 60 valence electrons. The van der Waals surface area contributed by atoms with Gasteiger partial charge in [0, 0.05) is 22.3 Å². The molecule has 0 fully saturated rings. The topological polar surface area (TPSA) is 17.1 Å². The van der Waals surface area contributed by atoms with Crippen LogP contribution in [0.5, 0.6) is 0 Å². The number of hydrogen-bond acceptors (Lipinski definition) is 1. The Hall–Kier alpha value is -0.110. The predicted octanol–water partition coefficient (Wildman–Crippen LogP) is 2.11. The lowest BCUT2D eigenvalue weighted by Gasteiger charge is -1.96. The van der Waals surface area contributed by atoms with Crippen LogP contribution in [0.3, 0.4) is 0 Å². The van der Waals surface area contributed by atoms with E-state index in [4.69, 9.17) is 0 Å². The van der Waals surface area contributed by atoms with E-state index in [1.54, 1.807) is 6.08 Å². The fraction of sp³-hybridized carbons (Fsp3) is 0.750. The van der Waals surface area contributed by atoms with Crippen molar-refractivity contribution in [2.24, 2.45) is 0 Å². The highest BCUT2D eigenvalue weighted by Crippen LogP contribution is 1.96. The van der Waals surface area contributed by atoms with Crippen molar-refractivity contribution in [3.05, 3.63) is 12.7 Å². The van der Waals surface area contributed by atoms with Crippen molar-refractivity contribution >= 4 is 10.8 Å². The van der Waals surface area contributed by atoms with E-state index in [0.717, 1.165) is 12.2 Å². The first-order chi connectivity index (χ1) is 4.81. The molecule has 0 aromatic heterocycles. The van der Waals surface area contributed by atoms with Crippen LogP contribution < -0.4 is 0 Å². The predicted molar refractivity (Wildman–Crippen MR) is 47.6 cm³/mol. The van der Waals surface area contributed by atoms with Crippen LogP contribution in [0.15, 0.2) is 12.7 Å². The zero-order valence-electron chi connectivity index (χ0n) is 6.64. The molecule has 0 saturated heterocycles. The van der Waals surface area contributed by atoms with E-state index in [2.05, 4.69) is 13.5 Å². The van der Waals surface area contributed by atoms with E-state index in [1.807, 2.05) is 0 Å². The average Bonchev–Trinajstić information content (AvgIpc) is 1.89. The minimum Gasteiger partial charge on any atom is -0.259 e. The molecule has 0 amide bonds. The van der Waals surface area contributed by atoms with E-state index in [-0.39, 0.29) is 0 Å². The normalized spacial score (nSPS) is 12.9. The molecule has 1 nitrogen and oxygen atoms in total. The third kappa shape index (κ3) is 6.02. The van der Waals surface area contributed by atoms with Crippen LogP contribution in [0.4, 0.5) is 0 Å². The van der Waals surface area contributed by atoms with Crippen molar-refractivity contribution in [3.63, 3.8) is 0 Å². The lowest BCUT2D eigenvalue weighted by molar-refractivity contribution is 0.678. The maximum Gasteiger partial charge on any atom is 0.0412 e. The Morgan fingerprint density at radius 3 is 2.90 bits per heavy atom.